The van der Waals surface area contributed by atoms with E-state index in [0.29, 0.717) is 5.69 Å². The summed E-state index contributed by atoms with van der Waals surface area (Å²) in [5.41, 5.74) is 2.28. The fourth-order valence-corrected chi connectivity index (χ4v) is 1.73. The van der Waals surface area contributed by atoms with Crippen LogP contribution in [-0.2, 0) is 0 Å². The Morgan fingerprint density at radius 2 is 1.95 bits per heavy atom. The highest BCUT2D eigenvalue weighted by atomic mass is 19.1. The zero-order valence-electron chi connectivity index (χ0n) is 10.7. The van der Waals surface area contributed by atoms with Gasteiger partial charge in [-0.3, -0.25) is 20.8 Å². The molecule has 0 aromatic heterocycles. The number of hydrogen-bond acceptors (Lipinski definition) is 5. The maximum absolute atomic E-state index is 13.1. The lowest BCUT2D eigenvalue weighted by molar-refractivity contribution is -0.385. The number of anilines is 2. The number of hydrogen-bond donors (Lipinski definition) is 3. The van der Waals surface area contributed by atoms with Gasteiger partial charge < -0.3 is 10.7 Å². The van der Waals surface area contributed by atoms with Crippen LogP contribution in [0, 0.1) is 15.9 Å². The third-order valence-electron chi connectivity index (χ3n) is 2.69. The van der Waals surface area contributed by atoms with E-state index in [0.717, 1.165) is 12.1 Å². The Kier molecular flexibility index (Phi) is 4.10. The molecule has 0 fully saturated rings. The van der Waals surface area contributed by atoms with E-state index >= 15 is 0 Å². The van der Waals surface area contributed by atoms with E-state index in [1.165, 1.54) is 30.3 Å². The molecule has 0 radical (unpaired) electrons. The number of nitrogen functional groups attached to an aromatic ring is 1. The van der Waals surface area contributed by atoms with Crippen molar-refractivity contribution in [3.8, 4) is 0 Å². The molecule has 2 rings (SSSR count). The summed E-state index contributed by atoms with van der Waals surface area (Å²) in [7, 11) is 0. The van der Waals surface area contributed by atoms with Crippen LogP contribution in [0.5, 0.6) is 0 Å². The first-order valence-corrected chi connectivity index (χ1v) is 5.83. The second-order valence-corrected chi connectivity index (χ2v) is 4.10. The molecule has 21 heavy (non-hydrogen) atoms. The van der Waals surface area contributed by atoms with Crippen LogP contribution in [0.15, 0.2) is 42.5 Å². The molecule has 2 aromatic rings. The molecule has 0 heterocycles. The molecule has 108 valence electrons. The Morgan fingerprint density at radius 3 is 2.57 bits per heavy atom. The maximum atomic E-state index is 13.1. The van der Waals surface area contributed by atoms with Gasteiger partial charge in [0.2, 0.25) is 0 Å². The largest absolute Gasteiger partial charge is 0.324 e. The average molecular weight is 290 g/mol. The third kappa shape index (κ3) is 3.31. The molecule has 4 N–H and O–H groups in total. The van der Waals surface area contributed by atoms with Gasteiger partial charge in [0, 0.05) is 17.4 Å². The SMILES string of the molecule is NNc1ccc([N+](=O)[O-])c(C(=O)Nc2cccc(F)c2)c1. The van der Waals surface area contributed by atoms with Crippen molar-refractivity contribution in [1.82, 2.24) is 0 Å². The van der Waals surface area contributed by atoms with E-state index in [1.807, 2.05) is 0 Å². The van der Waals surface area contributed by atoms with E-state index in [-0.39, 0.29) is 16.9 Å². The summed E-state index contributed by atoms with van der Waals surface area (Å²) in [5, 5.41) is 13.3. The molecule has 0 bridgehead atoms. The van der Waals surface area contributed by atoms with Crippen LogP contribution in [0.2, 0.25) is 0 Å². The quantitative estimate of drug-likeness (QED) is 0.454. The maximum Gasteiger partial charge on any atom is 0.282 e. The Labute approximate surface area is 118 Å². The van der Waals surface area contributed by atoms with Crippen LogP contribution in [0.4, 0.5) is 21.5 Å². The number of rotatable bonds is 4. The number of nitro groups is 1. The minimum atomic E-state index is -0.732. The topological polar surface area (TPSA) is 110 Å². The van der Waals surface area contributed by atoms with Crippen molar-refractivity contribution in [1.29, 1.82) is 0 Å². The van der Waals surface area contributed by atoms with Crippen LogP contribution < -0.4 is 16.6 Å². The number of nitro benzene ring substituents is 1. The molecule has 1 amide bonds. The summed E-state index contributed by atoms with van der Waals surface area (Å²) in [5.74, 6) is 3.96. The Balaban J connectivity index is 2.35. The van der Waals surface area contributed by atoms with Crippen molar-refractivity contribution in [3.63, 3.8) is 0 Å². The van der Waals surface area contributed by atoms with E-state index < -0.39 is 16.6 Å². The lowest BCUT2D eigenvalue weighted by atomic mass is 10.1. The molecular weight excluding hydrogens is 279 g/mol. The number of benzene rings is 2. The third-order valence-corrected chi connectivity index (χ3v) is 2.69. The van der Waals surface area contributed by atoms with Crippen LogP contribution in [-0.4, -0.2) is 10.8 Å². The first kappa shape index (κ1) is 14.4. The van der Waals surface area contributed by atoms with Crippen LogP contribution in [0.25, 0.3) is 0 Å². The Bertz CT molecular complexity index is 706. The highest BCUT2D eigenvalue weighted by molar-refractivity contribution is 6.07. The van der Waals surface area contributed by atoms with Gasteiger partial charge in [0.25, 0.3) is 11.6 Å². The highest BCUT2D eigenvalue weighted by Crippen LogP contribution is 2.23. The number of nitrogens with two attached hydrogens (primary N) is 1. The Morgan fingerprint density at radius 1 is 1.19 bits per heavy atom. The predicted octanol–water partition coefficient (Wildman–Crippen LogP) is 2.27. The van der Waals surface area contributed by atoms with Crippen molar-refractivity contribution >= 4 is 23.0 Å². The van der Waals surface area contributed by atoms with Gasteiger partial charge in [-0.2, -0.15) is 0 Å². The molecule has 7 nitrogen and oxygen atoms in total. The molecule has 0 aliphatic carbocycles. The summed E-state index contributed by atoms with van der Waals surface area (Å²) in [6.45, 7) is 0. The Hall–Kier alpha value is -3.00. The average Bonchev–Trinajstić information content (AvgIpc) is 2.46. The number of halogens is 1. The van der Waals surface area contributed by atoms with Crippen molar-refractivity contribution in [2.24, 2.45) is 5.84 Å². The first-order chi connectivity index (χ1) is 10.0. The van der Waals surface area contributed by atoms with Crippen molar-refractivity contribution < 1.29 is 14.1 Å². The molecule has 0 spiro atoms. The molecule has 0 saturated heterocycles. The van der Waals surface area contributed by atoms with Gasteiger partial charge in [0.05, 0.1) is 4.92 Å². The molecule has 8 heteroatoms. The minimum Gasteiger partial charge on any atom is -0.324 e. The lowest BCUT2D eigenvalue weighted by Gasteiger charge is -2.07. The fraction of sp³-hybridized carbons (Fsp3) is 0. The van der Waals surface area contributed by atoms with Crippen molar-refractivity contribution in [3.05, 3.63) is 64.0 Å². The highest BCUT2D eigenvalue weighted by Gasteiger charge is 2.20. The molecule has 0 atom stereocenters. The van der Waals surface area contributed by atoms with Crippen LogP contribution in [0.1, 0.15) is 10.4 Å². The van der Waals surface area contributed by atoms with Gasteiger partial charge in [0.15, 0.2) is 0 Å². The molecule has 0 aliphatic heterocycles. The van der Waals surface area contributed by atoms with E-state index in [1.54, 1.807) is 0 Å². The van der Waals surface area contributed by atoms with Gasteiger partial charge in [-0.15, -0.1) is 0 Å². The summed E-state index contributed by atoms with van der Waals surface area (Å²) in [4.78, 5) is 22.4. The molecule has 0 unspecified atom stereocenters. The number of carbonyl (C=O) groups excluding carboxylic acids is 1. The number of carbonyl (C=O) groups is 1. The smallest absolute Gasteiger partial charge is 0.282 e. The van der Waals surface area contributed by atoms with Gasteiger partial charge in [-0.1, -0.05) is 6.07 Å². The van der Waals surface area contributed by atoms with Gasteiger partial charge >= 0.3 is 0 Å². The zero-order valence-corrected chi connectivity index (χ0v) is 10.7. The van der Waals surface area contributed by atoms with Gasteiger partial charge in [-0.25, -0.2) is 4.39 Å². The number of hydrazine groups is 1. The number of amides is 1. The van der Waals surface area contributed by atoms with E-state index in [9.17, 15) is 19.3 Å². The van der Waals surface area contributed by atoms with E-state index in [4.69, 9.17) is 5.84 Å². The summed E-state index contributed by atoms with van der Waals surface area (Å²) in [6, 6.07) is 8.99. The van der Waals surface area contributed by atoms with E-state index in [2.05, 4.69) is 10.7 Å². The predicted molar refractivity (Wildman–Crippen MR) is 75.3 cm³/mol. The number of nitrogens with zero attached hydrogens (tertiary/aromatic N) is 1. The standard InChI is InChI=1S/C13H11FN4O3/c14-8-2-1-3-9(6-8)16-13(19)11-7-10(17-15)4-5-12(11)18(20)21/h1-7,17H,15H2,(H,16,19). The summed E-state index contributed by atoms with van der Waals surface area (Å²) < 4.78 is 13.1. The van der Waals surface area contributed by atoms with Crippen LogP contribution >= 0.6 is 0 Å². The van der Waals surface area contributed by atoms with Crippen molar-refractivity contribution in [2.45, 2.75) is 0 Å². The second kappa shape index (κ2) is 5.97. The summed E-state index contributed by atoms with van der Waals surface area (Å²) in [6.07, 6.45) is 0. The molecule has 0 aliphatic rings. The summed E-state index contributed by atoms with van der Waals surface area (Å²) >= 11 is 0. The van der Waals surface area contributed by atoms with Gasteiger partial charge in [0.1, 0.15) is 11.4 Å². The van der Waals surface area contributed by atoms with Crippen molar-refractivity contribution in [2.75, 3.05) is 10.7 Å². The molecule has 2 aromatic carbocycles. The lowest BCUT2D eigenvalue weighted by Crippen LogP contribution is -2.15. The van der Waals surface area contributed by atoms with Gasteiger partial charge in [-0.05, 0) is 30.3 Å². The number of nitrogens with one attached hydrogen (secondary N) is 2. The molecular formula is C13H11FN4O3. The molecule has 0 saturated carbocycles. The fourth-order valence-electron chi connectivity index (χ4n) is 1.73. The normalized spacial score (nSPS) is 10.0. The minimum absolute atomic E-state index is 0.181. The monoisotopic (exact) mass is 290 g/mol. The second-order valence-electron chi connectivity index (χ2n) is 4.10. The van der Waals surface area contributed by atoms with Crippen LogP contribution in [0.3, 0.4) is 0 Å². The zero-order chi connectivity index (χ0) is 15.4. The first-order valence-electron chi connectivity index (χ1n) is 5.83.